The van der Waals surface area contributed by atoms with Crippen molar-refractivity contribution in [1.29, 1.82) is 0 Å². The molecule has 0 saturated carbocycles. The van der Waals surface area contributed by atoms with Gasteiger partial charge in [-0.3, -0.25) is 4.99 Å². The second kappa shape index (κ2) is 12.0. The van der Waals surface area contributed by atoms with Crippen molar-refractivity contribution in [2.45, 2.75) is 44.6 Å². The van der Waals surface area contributed by atoms with Gasteiger partial charge in [-0.15, -0.1) is 24.0 Å². The normalized spacial score (nSPS) is 16.5. The molecule has 1 fully saturated rings. The van der Waals surface area contributed by atoms with Gasteiger partial charge in [-0.2, -0.15) is 0 Å². The molecule has 1 aromatic rings. The Bertz CT molecular complexity index is 745. The van der Waals surface area contributed by atoms with Crippen molar-refractivity contribution in [1.82, 2.24) is 15.5 Å². The molecule has 0 aromatic heterocycles. The first-order valence-electron chi connectivity index (χ1n) is 9.80. The summed E-state index contributed by atoms with van der Waals surface area (Å²) in [5.41, 5.74) is 1.81. The molecule has 0 bridgehead atoms. The smallest absolute Gasteiger partial charge is 0.191 e. The summed E-state index contributed by atoms with van der Waals surface area (Å²) in [6.45, 7) is 9.19. The molecule has 1 saturated heterocycles. The van der Waals surface area contributed by atoms with Gasteiger partial charge < -0.3 is 15.5 Å². The third-order valence-electron chi connectivity index (χ3n) is 5.32. The zero-order chi connectivity index (χ0) is 19.9. The number of halogens is 1. The van der Waals surface area contributed by atoms with Crippen LogP contribution in [-0.2, 0) is 16.4 Å². The number of sulfone groups is 1. The summed E-state index contributed by atoms with van der Waals surface area (Å²) in [4.78, 5) is 7.19. The van der Waals surface area contributed by atoms with Crippen LogP contribution in [0, 0.1) is 12.8 Å². The first kappa shape index (κ1) is 25.2. The predicted octanol–water partition coefficient (Wildman–Crippen LogP) is 2.80. The molecule has 8 heteroatoms. The van der Waals surface area contributed by atoms with Gasteiger partial charge in [0.05, 0.1) is 4.90 Å². The number of rotatable bonds is 7. The number of nitrogens with zero attached hydrogens (tertiary/aromatic N) is 2. The number of nitrogens with one attached hydrogen (secondary N) is 2. The van der Waals surface area contributed by atoms with Crippen LogP contribution in [0.4, 0.5) is 0 Å². The number of benzene rings is 1. The van der Waals surface area contributed by atoms with Crippen LogP contribution in [0.15, 0.2) is 28.1 Å². The Balaban J connectivity index is 0.00000392. The molecular formula is C20H35IN4O2S. The van der Waals surface area contributed by atoms with Crippen LogP contribution in [0.5, 0.6) is 0 Å². The van der Waals surface area contributed by atoms with Gasteiger partial charge in [0, 0.05) is 26.4 Å². The predicted molar refractivity (Wildman–Crippen MR) is 127 cm³/mol. The van der Waals surface area contributed by atoms with Crippen molar-refractivity contribution >= 4 is 39.8 Å². The highest BCUT2D eigenvalue weighted by atomic mass is 127. The molecule has 1 aliphatic heterocycles. The van der Waals surface area contributed by atoms with E-state index >= 15 is 0 Å². The van der Waals surface area contributed by atoms with E-state index in [1.807, 2.05) is 19.1 Å². The molecule has 2 rings (SSSR count). The molecule has 28 heavy (non-hydrogen) atoms. The highest BCUT2D eigenvalue weighted by Gasteiger charge is 2.17. The monoisotopic (exact) mass is 522 g/mol. The molecule has 0 unspecified atom stereocenters. The average Bonchev–Trinajstić information content (AvgIpc) is 2.64. The molecule has 0 radical (unpaired) electrons. The Morgan fingerprint density at radius 1 is 1.25 bits per heavy atom. The van der Waals surface area contributed by atoms with Crippen LogP contribution >= 0.6 is 24.0 Å². The van der Waals surface area contributed by atoms with Gasteiger partial charge in [-0.05, 0) is 68.9 Å². The van der Waals surface area contributed by atoms with Gasteiger partial charge in [0.1, 0.15) is 0 Å². The number of likely N-dealkylation sites (tertiary alicyclic amines) is 1. The second-order valence-electron chi connectivity index (χ2n) is 7.39. The summed E-state index contributed by atoms with van der Waals surface area (Å²) in [7, 11) is -1.40. The lowest BCUT2D eigenvalue weighted by Crippen LogP contribution is -2.39. The van der Waals surface area contributed by atoms with Crippen LogP contribution in [0.2, 0.25) is 0 Å². The number of hydrogen-bond acceptors (Lipinski definition) is 4. The van der Waals surface area contributed by atoms with E-state index in [2.05, 4.69) is 27.4 Å². The van der Waals surface area contributed by atoms with Crippen molar-refractivity contribution < 1.29 is 8.42 Å². The first-order chi connectivity index (χ1) is 12.8. The summed E-state index contributed by atoms with van der Waals surface area (Å²) in [5.74, 6) is 1.58. The van der Waals surface area contributed by atoms with E-state index in [0.29, 0.717) is 11.4 Å². The fraction of sp³-hybridized carbons (Fsp3) is 0.650. The fourth-order valence-electron chi connectivity index (χ4n) is 3.63. The maximum atomic E-state index is 11.7. The summed E-state index contributed by atoms with van der Waals surface area (Å²) in [6.07, 6.45) is 4.98. The molecule has 0 amide bonds. The van der Waals surface area contributed by atoms with Gasteiger partial charge in [-0.25, -0.2) is 8.42 Å². The van der Waals surface area contributed by atoms with Crippen molar-refractivity contribution in [2.75, 3.05) is 39.5 Å². The number of aliphatic imine (C=N–C) groups is 1. The van der Waals surface area contributed by atoms with Gasteiger partial charge >= 0.3 is 0 Å². The van der Waals surface area contributed by atoms with Crippen molar-refractivity contribution in [3.63, 3.8) is 0 Å². The van der Waals surface area contributed by atoms with Crippen LogP contribution in [-0.4, -0.2) is 58.8 Å². The first-order valence-corrected chi connectivity index (χ1v) is 11.7. The molecular weight excluding hydrogens is 487 g/mol. The number of piperidine rings is 1. The Morgan fingerprint density at radius 2 is 1.93 bits per heavy atom. The number of aryl methyl sites for hydroxylation is 1. The molecule has 6 nitrogen and oxygen atoms in total. The van der Waals surface area contributed by atoms with E-state index in [0.717, 1.165) is 36.1 Å². The van der Waals surface area contributed by atoms with Crippen LogP contribution in [0.3, 0.4) is 0 Å². The Morgan fingerprint density at radius 3 is 2.46 bits per heavy atom. The Hall–Kier alpha value is -0.870. The second-order valence-corrected chi connectivity index (χ2v) is 9.38. The zero-order valence-corrected chi connectivity index (χ0v) is 20.6. The lowest BCUT2D eigenvalue weighted by atomic mass is 9.93. The average molecular weight is 522 g/mol. The van der Waals surface area contributed by atoms with Gasteiger partial charge in [0.2, 0.25) is 0 Å². The molecule has 160 valence electrons. The van der Waals surface area contributed by atoms with Gasteiger partial charge in [0.15, 0.2) is 15.8 Å². The molecule has 0 aliphatic carbocycles. The maximum Gasteiger partial charge on any atom is 0.191 e. The topological polar surface area (TPSA) is 73.8 Å². The Kier molecular flexibility index (Phi) is 10.8. The lowest BCUT2D eigenvalue weighted by Gasteiger charge is -2.31. The standard InChI is InChI=1S/C20H34N4O2S.HI/c1-5-24-12-9-17(10-13-24)8-11-22-20(21-3)23-15-18-6-7-19(16(2)14-18)27(4,25)26;/h6-7,14,17H,5,8-13,15H2,1-4H3,(H2,21,22,23);1H. The van der Waals surface area contributed by atoms with Gasteiger partial charge in [-0.1, -0.05) is 19.1 Å². The van der Waals surface area contributed by atoms with Crippen molar-refractivity contribution in [2.24, 2.45) is 10.9 Å². The minimum Gasteiger partial charge on any atom is -0.356 e. The molecule has 0 spiro atoms. The SMILES string of the molecule is CCN1CCC(CCNC(=NC)NCc2ccc(S(C)(=O)=O)c(C)c2)CC1.I. The fourth-order valence-corrected chi connectivity index (χ4v) is 4.59. The summed E-state index contributed by atoms with van der Waals surface area (Å²) < 4.78 is 23.4. The number of guanidine groups is 1. The third-order valence-corrected chi connectivity index (χ3v) is 6.58. The van der Waals surface area contributed by atoms with E-state index in [-0.39, 0.29) is 24.0 Å². The molecule has 2 N–H and O–H groups in total. The van der Waals surface area contributed by atoms with Crippen LogP contribution in [0.1, 0.15) is 37.3 Å². The van der Waals surface area contributed by atoms with Crippen molar-refractivity contribution in [3.8, 4) is 0 Å². The molecule has 1 aromatic carbocycles. The Labute approximate surface area is 187 Å². The van der Waals surface area contributed by atoms with Crippen molar-refractivity contribution in [3.05, 3.63) is 29.3 Å². The number of hydrogen-bond donors (Lipinski definition) is 2. The van der Waals surface area contributed by atoms with E-state index < -0.39 is 9.84 Å². The third kappa shape index (κ3) is 7.87. The molecule has 1 aliphatic rings. The zero-order valence-electron chi connectivity index (χ0n) is 17.5. The molecule has 1 heterocycles. The van der Waals surface area contributed by atoms with E-state index in [9.17, 15) is 8.42 Å². The summed E-state index contributed by atoms with van der Waals surface area (Å²) in [6, 6.07) is 5.45. The lowest BCUT2D eigenvalue weighted by molar-refractivity contribution is 0.187. The van der Waals surface area contributed by atoms with E-state index in [1.165, 1.54) is 38.6 Å². The largest absolute Gasteiger partial charge is 0.356 e. The highest BCUT2D eigenvalue weighted by Crippen LogP contribution is 2.19. The minimum atomic E-state index is -3.17. The van der Waals surface area contributed by atoms with Gasteiger partial charge in [0.25, 0.3) is 0 Å². The maximum absolute atomic E-state index is 11.7. The van der Waals surface area contributed by atoms with E-state index in [4.69, 9.17) is 0 Å². The summed E-state index contributed by atoms with van der Waals surface area (Å²) >= 11 is 0. The highest BCUT2D eigenvalue weighted by molar-refractivity contribution is 14.0. The van der Waals surface area contributed by atoms with Crippen LogP contribution in [0.25, 0.3) is 0 Å². The summed E-state index contributed by atoms with van der Waals surface area (Å²) in [5, 5.41) is 6.70. The van der Waals surface area contributed by atoms with Crippen LogP contribution < -0.4 is 10.6 Å². The quantitative estimate of drug-likeness (QED) is 0.328. The molecule has 0 atom stereocenters. The van der Waals surface area contributed by atoms with E-state index in [1.54, 1.807) is 13.1 Å². The minimum absolute atomic E-state index is 0.